The van der Waals surface area contributed by atoms with Gasteiger partial charge in [-0.25, -0.2) is 0 Å². The maximum absolute atomic E-state index is 5.75. The summed E-state index contributed by atoms with van der Waals surface area (Å²) < 4.78 is 1.24. The Kier molecular flexibility index (Phi) is 4.14. The predicted molar refractivity (Wildman–Crippen MR) is 65.6 cm³/mol. The van der Waals surface area contributed by atoms with E-state index in [1.807, 2.05) is 0 Å². The van der Waals surface area contributed by atoms with Crippen LogP contribution in [0.1, 0.15) is 30.0 Å². The van der Waals surface area contributed by atoms with Crippen LogP contribution in [-0.4, -0.2) is 6.04 Å². The number of hydrogen-bond donors (Lipinski definition) is 1. The van der Waals surface area contributed by atoms with Gasteiger partial charge >= 0.3 is 0 Å². The molecule has 0 saturated heterocycles. The molecule has 0 spiro atoms. The van der Waals surface area contributed by atoms with E-state index in [4.69, 9.17) is 5.73 Å². The SMILES string of the molecule is Cc1ccc(CC[C@@H](C)N)c(C)c1Br. The molecule has 78 valence electrons. The minimum absolute atomic E-state index is 0.287. The maximum atomic E-state index is 5.75. The molecule has 0 aliphatic heterocycles. The molecule has 0 saturated carbocycles. The van der Waals surface area contributed by atoms with Crippen LogP contribution in [0.3, 0.4) is 0 Å². The molecule has 14 heavy (non-hydrogen) atoms. The average Bonchev–Trinajstić information content (AvgIpc) is 2.13. The second kappa shape index (κ2) is 4.94. The molecule has 0 amide bonds. The van der Waals surface area contributed by atoms with Crippen LogP contribution >= 0.6 is 15.9 Å². The summed E-state index contributed by atoms with van der Waals surface area (Å²) in [4.78, 5) is 0. The number of halogens is 1. The molecular formula is C12H18BrN. The van der Waals surface area contributed by atoms with Crippen molar-refractivity contribution in [3.63, 3.8) is 0 Å². The molecule has 0 aliphatic carbocycles. The molecule has 0 aromatic heterocycles. The highest BCUT2D eigenvalue weighted by molar-refractivity contribution is 9.10. The zero-order chi connectivity index (χ0) is 10.7. The van der Waals surface area contributed by atoms with Gasteiger partial charge < -0.3 is 5.73 Å². The molecule has 2 heteroatoms. The van der Waals surface area contributed by atoms with E-state index in [2.05, 4.69) is 48.8 Å². The third-order valence-corrected chi connectivity index (χ3v) is 3.78. The van der Waals surface area contributed by atoms with Crippen molar-refractivity contribution in [2.24, 2.45) is 5.73 Å². The van der Waals surface area contributed by atoms with Crippen molar-refractivity contribution in [3.8, 4) is 0 Å². The van der Waals surface area contributed by atoms with E-state index in [0.717, 1.165) is 12.8 Å². The van der Waals surface area contributed by atoms with Gasteiger partial charge in [-0.2, -0.15) is 0 Å². The second-order valence-corrected chi connectivity index (χ2v) is 4.79. The summed E-state index contributed by atoms with van der Waals surface area (Å²) in [6.45, 7) is 6.33. The van der Waals surface area contributed by atoms with Gasteiger partial charge in [-0.05, 0) is 50.3 Å². The maximum Gasteiger partial charge on any atom is 0.0236 e. The molecule has 1 aromatic rings. The molecule has 0 aliphatic rings. The summed E-state index contributed by atoms with van der Waals surface area (Å²) in [6.07, 6.45) is 2.12. The standard InChI is InChI=1S/C12H18BrN/c1-8-4-6-11(7-5-9(2)14)10(3)12(8)13/h4,6,9H,5,7,14H2,1-3H3/t9-/m1/s1. The molecule has 1 aromatic carbocycles. The third-order valence-electron chi connectivity index (χ3n) is 2.56. The first-order chi connectivity index (χ1) is 6.52. The Morgan fingerprint density at radius 1 is 1.36 bits per heavy atom. The van der Waals surface area contributed by atoms with Crippen molar-refractivity contribution in [3.05, 3.63) is 33.3 Å². The van der Waals surface area contributed by atoms with E-state index < -0.39 is 0 Å². The average molecular weight is 256 g/mol. The van der Waals surface area contributed by atoms with E-state index >= 15 is 0 Å². The molecular weight excluding hydrogens is 238 g/mol. The molecule has 1 nitrogen and oxygen atoms in total. The van der Waals surface area contributed by atoms with Crippen LogP contribution in [0.2, 0.25) is 0 Å². The first-order valence-corrected chi connectivity index (χ1v) is 5.82. The minimum atomic E-state index is 0.287. The summed E-state index contributed by atoms with van der Waals surface area (Å²) in [5.41, 5.74) is 9.80. The Morgan fingerprint density at radius 2 is 2.00 bits per heavy atom. The fraction of sp³-hybridized carbons (Fsp3) is 0.500. The summed E-state index contributed by atoms with van der Waals surface area (Å²) in [5, 5.41) is 0. The minimum Gasteiger partial charge on any atom is -0.328 e. The second-order valence-electron chi connectivity index (χ2n) is 4.00. The Hall–Kier alpha value is -0.340. The van der Waals surface area contributed by atoms with Gasteiger partial charge in [0.15, 0.2) is 0 Å². The quantitative estimate of drug-likeness (QED) is 0.881. The molecule has 2 N–H and O–H groups in total. The lowest BCUT2D eigenvalue weighted by molar-refractivity contribution is 0.664. The van der Waals surface area contributed by atoms with Crippen LogP contribution in [-0.2, 0) is 6.42 Å². The lowest BCUT2D eigenvalue weighted by atomic mass is 10.00. The number of nitrogens with two attached hydrogens (primary N) is 1. The predicted octanol–water partition coefficient (Wildman–Crippen LogP) is 3.35. The van der Waals surface area contributed by atoms with E-state index in [1.54, 1.807) is 0 Å². The molecule has 0 fully saturated rings. The van der Waals surface area contributed by atoms with Crippen LogP contribution in [0.5, 0.6) is 0 Å². The van der Waals surface area contributed by atoms with Gasteiger partial charge in [0.05, 0.1) is 0 Å². The van der Waals surface area contributed by atoms with Crippen LogP contribution in [0.15, 0.2) is 16.6 Å². The Morgan fingerprint density at radius 3 is 2.57 bits per heavy atom. The summed E-state index contributed by atoms with van der Waals surface area (Å²) in [7, 11) is 0. The van der Waals surface area contributed by atoms with Crippen molar-refractivity contribution in [2.75, 3.05) is 0 Å². The van der Waals surface area contributed by atoms with E-state index in [1.165, 1.54) is 21.2 Å². The van der Waals surface area contributed by atoms with Gasteiger partial charge in [0.25, 0.3) is 0 Å². The van der Waals surface area contributed by atoms with Gasteiger partial charge in [-0.15, -0.1) is 0 Å². The van der Waals surface area contributed by atoms with Crippen molar-refractivity contribution in [1.82, 2.24) is 0 Å². The highest BCUT2D eigenvalue weighted by atomic mass is 79.9. The molecule has 0 unspecified atom stereocenters. The van der Waals surface area contributed by atoms with Gasteiger partial charge in [0.2, 0.25) is 0 Å². The normalized spacial score (nSPS) is 12.9. The number of rotatable bonds is 3. The van der Waals surface area contributed by atoms with Gasteiger partial charge in [0, 0.05) is 10.5 Å². The Balaban J connectivity index is 2.83. The van der Waals surface area contributed by atoms with Gasteiger partial charge in [-0.3, -0.25) is 0 Å². The van der Waals surface area contributed by atoms with E-state index in [-0.39, 0.29) is 6.04 Å². The van der Waals surface area contributed by atoms with Crippen LogP contribution < -0.4 is 5.73 Å². The number of aryl methyl sites for hydroxylation is 2. The lowest BCUT2D eigenvalue weighted by Gasteiger charge is -2.11. The topological polar surface area (TPSA) is 26.0 Å². The molecule has 0 heterocycles. The van der Waals surface area contributed by atoms with Crippen molar-refractivity contribution in [2.45, 2.75) is 39.7 Å². The molecule has 0 radical (unpaired) electrons. The van der Waals surface area contributed by atoms with Crippen molar-refractivity contribution in [1.29, 1.82) is 0 Å². The van der Waals surface area contributed by atoms with Gasteiger partial charge in [0.1, 0.15) is 0 Å². The molecule has 0 bridgehead atoms. The first kappa shape index (κ1) is 11.7. The summed E-state index contributed by atoms with van der Waals surface area (Å²) in [5.74, 6) is 0. The highest BCUT2D eigenvalue weighted by Crippen LogP contribution is 2.24. The largest absolute Gasteiger partial charge is 0.328 e. The smallest absolute Gasteiger partial charge is 0.0236 e. The van der Waals surface area contributed by atoms with E-state index in [0.29, 0.717) is 0 Å². The third kappa shape index (κ3) is 2.82. The van der Waals surface area contributed by atoms with Crippen molar-refractivity contribution < 1.29 is 0 Å². The zero-order valence-corrected chi connectivity index (χ0v) is 10.7. The highest BCUT2D eigenvalue weighted by Gasteiger charge is 2.05. The monoisotopic (exact) mass is 255 g/mol. The van der Waals surface area contributed by atoms with E-state index in [9.17, 15) is 0 Å². The number of hydrogen-bond acceptors (Lipinski definition) is 1. The summed E-state index contributed by atoms with van der Waals surface area (Å²) in [6, 6.07) is 4.65. The fourth-order valence-electron chi connectivity index (χ4n) is 1.51. The number of benzene rings is 1. The molecule has 1 atom stereocenters. The van der Waals surface area contributed by atoms with Crippen LogP contribution in [0.4, 0.5) is 0 Å². The van der Waals surface area contributed by atoms with Crippen LogP contribution in [0, 0.1) is 13.8 Å². The lowest BCUT2D eigenvalue weighted by Crippen LogP contribution is -2.15. The first-order valence-electron chi connectivity index (χ1n) is 5.02. The zero-order valence-electron chi connectivity index (χ0n) is 9.10. The van der Waals surface area contributed by atoms with Crippen LogP contribution in [0.25, 0.3) is 0 Å². The summed E-state index contributed by atoms with van der Waals surface area (Å²) >= 11 is 3.61. The Bertz CT molecular complexity index is 318. The molecule has 1 rings (SSSR count). The van der Waals surface area contributed by atoms with Gasteiger partial charge in [-0.1, -0.05) is 28.1 Å². The fourth-order valence-corrected chi connectivity index (χ4v) is 1.90. The van der Waals surface area contributed by atoms with Crippen molar-refractivity contribution >= 4 is 15.9 Å². The Labute approximate surface area is 94.8 Å².